The molecule has 6 heteroatoms. The first-order valence-electron chi connectivity index (χ1n) is 6.36. The highest BCUT2D eigenvalue weighted by atomic mass is 16.2. The Morgan fingerprint density at radius 3 is 2.50 bits per heavy atom. The van der Waals surface area contributed by atoms with Crippen molar-refractivity contribution in [2.75, 3.05) is 26.2 Å². The summed E-state index contributed by atoms with van der Waals surface area (Å²) in [5, 5.41) is 2.73. The zero-order valence-electron chi connectivity index (χ0n) is 10.8. The van der Waals surface area contributed by atoms with Crippen molar-refractivity contribution in [2.45, 2.75) is 20.3 Å². The van der Waals surface area contributed by atoms with Gasteiger partial charge in [0.1, 0.15) is 0 Å². The van der Waals surface area contributed by atoms with Gasteiger partial charge in [0.15, 0.2) is 0 Å². The van der Waals surface area contributed by atoms with Gasteiger partial charge in [0.25, 0.3) is 0 Å². The fourth-order valence-electron chi connectivity index (χ4n) is 2.33. The number of carbonyl (C=O) groups excluding carboxylic acids is 3. The van der Waals surface area contributed by atoms with Crippen LogP contribution in [-0.4, -0.2) is 53.8 Å². The van der Waals surface area contributed by atoms with Crippen molar-refractivity contribution in [3.05, 3.63) is 0 Å². The molecule has 18 heavy (non-hydrogen) atoms. The van der Waals surface area contributed by atoms with E-state index in [1.54, 1.807) is 11.8 Å². The van der Waals surface area contributed by atoms with Gasteiger partial charge in [0.05, 0.1) is 0 Å². The zero-order valence-corrected chi connectivity index (χ0v) is 10.8. The average Bonchev–Trinajstić information content (AvgIpc) is 2.51. The Labute approximate surface area is 106 Å². The molecule has 2 aliphatic heterocycles. The van der Waals surface area contributed by atoms with E-state index in [1.807, 2.05) is 0 Å². The highest BCUT2D eigenvalue weighted by molar-refractivity contribution is 6.03. The summed E-state index contributed by atoms with van der Waals surface area (Å²) >= 11 is 0. The monoisotopic (exact) mass is 253 g/mol. The maximum atomic E-state index is 11.6. The number of amides is 4. The molecule has 1 unspecified atom stereocenters. The van der Waals surface area contributed by atoms with E-state index in [1.165, 1.54) is 4.90 Å². The molecule has 0 radical (unpaired) electrons. The standard InChI is InChI=1S/C12H19N3O3/c1-8-6-14(7-8)12(18)13-3-4-15-10(16)5-9(2)11(15)17/h8-9H,3-7H2,1-2H3,(H,13,18). The average molecular weight is 253 g/mol. The van der Waals surface area contributed by atoms with Crippen LogP contribution in [0.2, 0.25) is 0 Å². The van der Waals surface area contributed by atoms with Crippen molar-refractivity contribution >= 4 is 17.8 Å². The number of rotatable bonds is 3. The maximum absolute atomic E-state index is 11.6. The van der Waals surface area contributed by atoms with Crippen LogP contribution in [-0.2, 0) is 9.59 Å². The zero-order chi connectivity index (χ0) is 13.3. The molecule has 4 amide bonds. The molecular formula is C12H19N3O3. The van der Waals surface area contributed by atoms with Gasteiger partial charge >= 0.3 is 6.03 Å². The maximum Gasteiger partial charge on any atom is 0.317 e. The van der Waals surface area contributed by atoms with Gasteiger partial charge in [0.2, 0.25) is 11.8 Å². The predicted molar refractivity (Wildman–Crippen MR) is 64.6 cm³/mol. The Morgan fingerprint density at radius 2 is 2.00 bits per heavy atom. The lowest BCUT2D eigenvalue weighted by molar-refractivity contribution is -0.139. The molecule has 2 saturated heterocycles. The van der Waals surface area contributed by atoms with Gasteiger partial charge in [-0.05, 0) is 5.92 Å². The van der Waals surface area contributed by atoms with Crippen LogP contribution in [0.3, 0.4) is 0 Å². The molecule has 0 aromatic rings. The highest BCUT2D eigenvalue weighted by Gasteiger charge is 2.35. The summed E-state index contributed by atoms with van der Waals surface area (Å²) in [5.41, 5.74) is 0. The topological polar surface area (TPSA) is 69.7 Å². The first-order valence-corrected chi connectivity index (χ1v) is 6.36. The Bertz CT molecular complexity index is 377. The van der Waals surface area contributed by atoms with Gasteiger partial charge in [0, 0.05) is 38.5 Å². The molecule has 0 bridgehead atoms. The molecule has 0 aromatic heterocycles. The van der Waals surface area contributed by atoms with Crippen molar-refractivity contribution in [3.8, 4) is 0 Å². The molecule has 0 aliphatic carbocycles. The molecule has 2 fully saturated rings. The van der Waals surface area contributed by atoms with E-state index < -0.39 is 0 Å². The Hall–Kier alpha value is -1.59. The number of likely N-dealkylation sites (tertiary alicyclic amines) is 2. The van der Waals surface area contributed by atoms with Crippen molar-refractivity contribution in [1.82, 2.24) is 15.1 Å². The normalized spacial score (nSPS) is 24.4. The minimum atomic E-state index is -0.218. The van der Waals surface area contributed by atoms with Crippen molar-refractivity contribution in [2.24, 2.45) is 11.8 Å². The summed E-state index contributed by atoms with van der Waals surface area (Å²) in [5.74, 6) is 0.0777. The molecule has 0 saturated carbocycles. The van der Waals surface area contributed by atoms with Crippen LogP contribution in [0.25, 0.3) is 0 Å². The van der Waals surface area contributed by atoms with Gasteiger partial charge in [-0.2, -0.15) is 0 Å². The second-order valence-electron chi connectivity index (χ2n) is 5.23. The second kappa shape index (κ2) is 4.96. The minimum Gasteiger partial charge on any atom is -0.336 e. The number of carbonyl (C=O) groups is 3. The molecule has 1 atom stereocenters. The van der Waals surface area contributed by atoms with E-state index >= 15 is 0 Å². The van der Waals surface area contributed by atoms with Crippen molar-refractivity contribution < 1.29 is 14.4 Å². The number of nitrogens with zero attached hydrogens (tertiary/aromatic N) is 2. The number of hydrogen-bond acceptors (Lipinski definition) is 3. The lowest BCUT2D eigenvalue weighted by atomic mass is 10.0. The second-order valence-corrected chi connectivity index (χ2v) is 5.23. The summed E-state index contributed by atoms with van der Waals surface area (Å²) < 4.78 is 0. The Morgan fingerprint density at radius 1 is 1.33 bits per heavy atom. The number of imide groups is 1. The molecule has 0 aromatic carbocycles. The molecule has 2 heterocycles. The van der Waals surface area contributed by atoms with Crippen LogP contribution in [0.4, 0.5) is 4.79 Å². The van der Waals surface area contributed by atoms with Crippen LogP contribution in [0, 0.1) is 11.8 Å². The summed E-state index contributed by atoms with van der Waals surface area (Å²) in [7, 11) is 0. The molecule has 100 valence electrons. The molecule has 0 spiro atoms. The van der Waals surface area contributed by atoms with Crippen LogP contribution < -0.4 is 5.32 Å². The number of nitrogens with one attached hydrogen (secondary N) is 1. The SMILES string of the molecule is CC1CN(C(=O)NCCN2C(=O)CC(C)C2=O)C1. The Kier molecular flexibility index (Phi) is 3.54. The van der Waals surface area contributed by atoms with E-state index in [0.29, 0.717) is 12.5 Å². The summed E-state index contributed by atoms with van der Waals surface area (Å²) in [6, 6.07) is -0.111. The van der Waals surface area contributed by atoms with E-state index in [0.717, 1.165) is 13.1 Å². The van der Waals surface area contributed by atoms with E-state index in [2.05, 4.69) is 12.2 Å². The molecular weight excluding hydrogens is 234 g/mol. The van der Waals surface area contributed by atoms with E-state index in [4.69, 9.17) is 0 Å². The van der Waals surface area contributed by atoms with Crippen LogP contribution >= 0.6 is 0 Å². The van der Waals surface area contributed by atoms with Crippen LogP contribution in [0.5, 0.6) is 0 Å². The largest absolute Gasteiger partial charge is 0.336 e. The minimum absolute atomic E-state index is 0.111. The Balaban J connectivity index is 1.71. The predicted octanol–water partition coefficient (Wildman–Crippen LogP) is 0.0427. The van der Waals surface area contributed by atoms with Crippen LogP contribution in [0.1, 0.15) is 20.3 Å². The summed E-state index contributed by atoms with van der Waals surface area (Å²) in [6.45, 7) is 6.01. The van der Waals surface area contributed by atoms with Gasteiger partial charge in [-0.1, -0.05) is 13.8 Å². The van der Waals surface area contributed by atoms with Gasteiger partial charge in [-0.15, -0.1) is 0 Å². The first kappa shape index (κ1) is 12.9. The van der Waals surface area contributed by atoms with Gasteiger partial charge in [-0.25, -0.2) is 4.79 Å². The number of hydrogen-bond donors (Lipinski definition) is 1. The third kappa shape index (κ3) is 2.47. The third-order valence-electron chi connectivity index (χ3n) is 3.43. The van der Waals surface area contributed by atoms with E-state index in [9.17, 15) is 14.4 Å². The van der Waals surface area contributed by atoms with Crippen LogP contribution in [0.15, 0.2) is 0 Å². The van der Waals surface area contributed by atoms with Crippen molar-refractivity contribution in [1.29, 1.82) is 0 Å². The van der Waals surface area contributed by atoms with Crippen molar-refractivity contribution in [3.63, 3.8) is 0 Å². The lowest BCUT2D eigenvalue weighted by Crippen LogP contribution is -2.53. The third-order valence-corrected chi connectivity index (χ3v) is 3.43. The molecule has 2 aliphatic rings. The quantitative estimate of drug-likeness (QED) is 0.722. The molecule has 6 nitrogen and oxygen atoms in total. The fraction of sp³-hybridized carbons (Fsp3) is 0.750. The smallest absolute Gasteiger partial charge is 0.317 e. The van der Waals surface area contributed by atoms with E-state index in [-0.39, 0.29) is 36.7 Å². The first-order chi connectivity index (χ1) is 8.49. The van der Waals surface area contributed by atoms with Gasteiger partial charge < -0.3 is 10.2 Å². The summed E-state index contributed by atoms with van der Waals surface area (Å²) in [4.78, 5) is 37.7. The lowest BCUT2D eigenvalue weighted by Gasteiger charge is -2.37. The molecule has 2 rings (SSSR count). The fourth-order valence-corrected chi connectivity index (χ4v) is 2.33. The summed E-state index contributed by atoms with van der Waals surface area (Å²) in [6.07, 6.45) is 0.288. The highest BCUT2D eigenvalue weighted by Crippen LogP contribution is 2.18. The van der Waals surface area contributed by atoms with Gasteiger partial charge in [-0.3, -0.25) is 14.5 Å². The molecule has 1 N–H and O–H groups in total. The number of urea groups is 1.